The maximum Gasteiger partial charge on any atom is 0.220 e. The van der Waals surface area contributed by atoms with Crippen LogP contribution in [0.1, 0.15) is 42.5 Å². The average molecular weight is 309 g/mol. The van der Waals surface area contributed by atoms with Crippen molar-refractivity contribution in [3.8, 4) is 0 Å². The van der Waals surface area contributed by atoms with Gasteiger partial charge in [-0.25, -0.2) is 0 Å². The van der Waals surface area contributed by atoms with Gasteiger partial charge >= 0.3 is 0 Å². The normalized spacial score (nSPS) is 11.3. The molecular formula is C21H27NO. The molecule has 0 fully saturated rings. The predicted molar refractivity (Wildman–Crippen MR) is 96.6 cm³/mol. The van der Waals surface area contributed by atoms with E-state index in [1.54, 1.807) is 0 Å². The molecule has 122 valence electrons. The minimum atomic E-state index is -0.234. The van der Waals surface area contributed by atoms with Crippen molar-refractivity contribution in [2.45, 2.75) is 52.5 Å². The second-order valence-corrected chi connectivity index (χ2v) is 7.01. The first-order valence-corrected chi connectivity index (χ1v) is 8.27. The van der Waals surface area contributed by atoms with Gasteiger partial charge in [-0.05, 0) is 62.8 Å². The first kappa shape index (κ1) is 17.3. The van der Waals surface area contributed by atoms with E-state index in [0.29, 0.717) is 6.42 Å². The van der Waals surface area contributed by atoms with E-state index in [0.717, 1.165) is 12.8 Å². The molecule has 0 aliphatic rings. The molecule has 0 unspecified atom stereocenters. The highest BCUT2D eigenvalue weighted by Gasteiger charge is 2.20. The van der Waals surface area contributed by atoms with E-state index < -0.39 is 0 Å². The monoisotopic (exact) mass is 309 g/mol. The van der Waals surface area contributed by atoms with Crippen LogP contribution in [0.4, 0.5) is 0 Å². The first-order chi connectivity index (χ1) is 10.9. The maximum absolute atomic E-state index is 12.3. The zero-order valence-electron chi connectivity index (χ0n) is 14.6. The van der Waals surface area contributed by atoms with Gasteiger partial charge in [0.1, 0.15) is 0 Å². The standard InChI is InChI=1S/C21H27NO/c1-16-10-11-18(14-17(16)2)12-13-20(23)22-21(3,4)15-19-8-6-5-7-9-19/h5-11,14H,12-13,15H2,1-4H3,(H,22,23). The third-order valence-corrected chi connectivity index (χ3v) is 4.18. The van der Waals surface area contributed by atoms with E-state index in [9.17, 15) is 4.79 Å². The van der Waals surface area contributed by atoms with Gasteiger partial charge in [-0.2, -0.15) is 0 Å². The Kier molecular flexibility index (Phi) is 5.59. The van der Waals surface area contributed by atoms with Gasteiger partial charge in [-0.15, -0.1) is 0 Å². The van der Waals surface area contributed by atoms with Crippen LogP contribution in [0.2, 0.25) is 0 Å². The lowest BCUT2D eigenvalue weighted by atomic mass is 9.94. The Hall–Kier alpha value is -2.09. The molecule has 0 aliphatic carbocycles. The number of hydrogen-bond acceptors (Lipinski definition) is 1. The molecule has 23 heavy (non-hydrogen) atoms. The van der Waals surface area contributed by atoms with Gasteiger partial charge in [-0.3, -0.25) is 4.79 Å². The van der Waals surface area contributed by atoms with Gasteiger partial charge in [0.25, 0.3) is 0 Å². The third kappa shape index (κ3) is 5.55. The van der Waals surface area contributed by atoms with Crippen molar-refractivity contribution in [2.75, 3.05) is 0 Å². The van der Waals surface area contributed by atoms with Crippen molar-refractivity contribution in [3.63, 3.8) is 0 Å². The first-order valence-electron chi connectivity index (χ1n) is 8.27. The topological polar surface area (TPSA) is 29.1 Å². The molecule has 1 amide bonds. The highest BCUT2D eigenvalue weighted by molar-refractivity contribution is 5.77. The lowest BCUT2D eigenvalue weighted by Gasteiger charge is -2.26. The van der Waals surface area contributed by atoms with Crippen LogP contribution >= 0.6 is 0 Å². The Balaban J connectivity index is 1.87. The summed E-state index contributed by atoms with van der Waals surface area (Å²) >= 11 is 0. The fourth-order valence-electron chi connectivity index (χ4n) is 2.81. The Labute approximate surface area is 139 Å². The molecule has 2 rings (SSSR count). The van der Waals surface area contributed by atoms with Crippen LogP contribution in [0.15, 0.2) is 48.5 Å². The largest absolute Gasteiger partial charge is 0.351 e. The number of amides is 1. The van der Waals surface area contributed by atoms with Gasteiger partial charge in [0, 0.05) is 12.0 Å². The zero-order valence-corrected chi connectivity index (χ0v) is 14.6. The summed E-state index contributed by atoms with van der Waals surface area (Å²) in [6.07, 6.45) is 2.15. The summed E-state index contributed by atoms with van der Waals surface area (Å²) in [5, 5.41) is 3.16. The molecule has 0 aliphatic heterocycles. The van der Waals surface area contributed by atoms with Crippen molar-refractivity contribution in [2.24, 2.45) is 0 Å². The molecule has 0 atom stereocenters. The Morgan fingerprint density at radius 1 is 0.957 bits per heavy atom. The van der Waals surface area contributed by atoms with E-state index in [-0.39, 0.29) is 11.4 Å². The van der Waals surface area contributed by atoms with Crippen molar-refractivity contribution < 1.29 is 4.79 Å². The van der Waals surface area contributed by atoms with Crippen LogP contribution in [0, 0.1) is 13.8 Å². The third-order valence-electron chi connectivity index (χ3n) is 4.18. The molecular weight excluding hydrogens is 282 g/mol. The molecule has 2 nitrogen and oxygen atoms in total. The molecule has 0 saturated heterocycles. The van der Waals surface area contributed by atoms with Crippen molar-refractivity contribution in [1.29, 1.82) is 0 Å². The van der Waals surface area contributed by atoms with Gasteiger partial charge in [0.15, 0.2) is 0 Å². The summed E-state index contributed by atoms with van der Waals surface area (Å²) in [6.45, 7) is 8.38. The summed E-state index contributed by atoms with van der Waals surface area (Å²) in [5.41, 5.74) is 4.81. The highest BCUT2D eigenvalue weighted by atomic mass is 16.1. The van der Waals surface area contributed by atoms with E-state index in [1.807, 2.05) is 18.2 Å². The molecule has 0 heterocycles. The number of rotatable bonds is 6. The summed E-state index contributed by atoms with van der Waals surface area (Å²) in [7, 11) is 0. The lowest BCUT2D eigenvalue weighted by molar-refractivity contribution is -0.122. The van der Waals surface area contributed by atoms with Crippen LogP contribution in [-0.4, -0.2) is 11.4 Å². The predicted octanol–water partition coefficient (Wildman–Crippen LogP) is 4.37. The van der Waals surface area contributed by atoms with Crippen LogP contribution in [0.3, 0.4) is 0 Å². The second kappa shape index (κ2) is 7.45. The fraction of sp³-hybridized carbons (Fsp3) is 0.381. The summed E-state index contributed by atoms with van der Waals surface area (Å²) < 4.78 is 0. The minimum absolute atomic E-state index is 0.115. The molecule has 0 bridgehead atoms. The highest BCUT2D eigenvalue weighted by Crippen LogP contribution is 2.14. The SMILES string of the molecule is Cc1ccc(CCC(=O)NC(C)(C)Cc2ccccc2)cc1C. The van der Waals surface area contributed by atoms with E-state index in [2.05, 4.69) is 63.3 Å². The quantitative estimate of drug-likeness (QED) is 0.843. The second-order valence-electron chi connectivity index (χ2n) is 7.01. The number of carbonyl (C=O) groups excluding carboxylic acids is 1. The lowest BCUT2D eigenvalue weighted by Crippen LogP contribution is -2.45. The van der Waals surface area contributed by atoms with E-state index >= 15 is 0 Å². The van der Waals surface area contributed by atoms with Crippen LogP contribution < -0.4 is 5.32 Å². The van der Waals surface area contributed by atoms with Gasteiger partial charge in [0.2, 0.25) is 5.91 Å². The van der Waals surface area contributed by atoms with Gasteiger partial charge in [-0.1, -0.05) is 48.5 Å². The fourth-order valence-corrected chi connectivity index (χ4v) is 2.81. The maximum atomic E-state index is 12.3. The number of carbonyl (C=O) groups is 1. The van der Waals surface area contributed by atoms with Crippen LogP contribution in [0.25, 0.3) is 0 Å². The summed E-state index contributed by atoms with van der Waals surface area (Å²) in [4.78, 5) is 12.3. The number of benzene rings is 2. The van der Waals surface area contributed by atoms with E-state index in [4.69, 9.17) is 0 Å². The van der Waals surface area contributed by atoms with Gasteiger partial charge in [0.05, 0.1) is 0 Å². The van der Waals surface area contributed by atoms with Crippen molar-refractivity contribution >= 4 is 5.91 Å². The molecule has 0 radical (unpaired) electrons. The molecule has 2 aromatic carbocycles. The molecule has 0 aromatic heterocycles. The Bertz CT molecular complexity index is 659. The Morgan fingerprint density at radius 3 is 2.30 bits per heavy atom. The number of aryl methyl sites for hydroxylation is 3. The zero-order chi connectivity index (χ0) is 16.9. The van der Waals surface area contributed by atoms with Crippen LogP contribution in [-0.2, 0) is 17.6 Å². The van der Waals surface area contributed by atoms with Crippen LogP contribution in [0.5, 0.6) is 0 Å². The van der Waals surface area contributed by atoms with Gasteiger partial charge < -0.3 is 5.32 Å². The summed E-state index contributed by atoms with van der Waals surface area (Å²) in [5.74, 6) is 0.115. The molecule has 0 saturated carbocycles. The average Bonchev–Trinajstić information content (AvgIpc) is 2.48. The van der Waals surface area contributed by atoms with Crippen molar-refractivity contribution in [1.82, 2.24) is 5.32 Å². The Morgan fingerprint density at radius 2 is 1.65 bits per heavy atom. The van der Waals surface area contributed by atoms with E-state index in [1.165, 1.54) is 22.3 Å². The molecule has 1 N–H and O–H groups in total. The summed E-state index contributed by atoms with van der Waals surface area (Å²) in [6, 6.07) is 16.7. The molecule has 2 aromatic rings. The molecule has 2 heteroatoms. The smallest absolute Gasteiger partial charge is 0.220 e. The minimum Gasteiger partial charge on any atom is -0.351 e. The number of nitrogens with one attached hydrogen (secondary N) is 1. The number of hydrogen-bond donors (Lipinski definition) is 1. The van der Waals surface area contributed by atoms with Crippen molar-refractivity contribution in [3.05, 3.63) is 70.8 Å². The molecule has 0 spiro atoms.